The summed E-state index contributed by atoms with van der Waals surface area (Å²) in [5, 5.41) is 2.82. The first-order chi connectivity index (χ1) is 9.15. The predicted molar refractivity (Wildman–Crippen MR) is 72.3 cm³/mol. The number of amides is 1. The molecule has 5 nitrogen and oxygen atoms in total. The first-order valence-corrected chi connectivity index (χ1v) is 6.13. The number of hydrogen-bond acceptors (Lipinski definition) is 3. The Morgan fingerprint density at radius 1 is 1.42 bits per heavy atom. The number of hydrogen-bond donors (Lipinski definition) is 1. The lowest BCUT2D eigenvalue weighted by atomic mass is 10.2. The van der Waals surface area contributed by atoms with Gasteiger partial charge in [0.25, 0.3) is 0 Å². The highest BCUT2D eigenvalue weighted by molar-refractivity contribution is 5.76. The molecule has 0 spiro atoms. The molecule has 1 N–H and O–H groups in total. The number of carbonyl (C=O) groups is 1. The summed E-state index contributed by atoms with van der Waals surface area (Å²) >= 11 is 0. The smallest absolute Gasteiger partial charge is 0.327 e. The largest absolute Gasteiger partial charge is 0.491 e. The number of aromatic nitrogens is 2. The van der Waals surface area contributed by atoms with Gasteiger partial charge in [-0.05, 0) is 26.0 Å². The Kier molecular flexibility index (Phi) is 4.18. The van der Waals surface area contributed by atoms with Crippen LogP contribution in [-0.4, -0.2) is 28.2 Å². The molecule has 1 aromatic heterocycles. The summed E-state index contributed by atoms with van der Waals surface area (Å²) in [6.45, 7) is 4.34. The SMILES string of the molecule is Cc1ccc(OCC(C)NC(=O)n2ccnc2)cc1. The van der Waals surface area contributed by atoms with Crippen LogP contribution in [0.1, 0.15) is 12.5 Å². The van der Waals surface area contributed by atoms with E-state index in [-0.39, 0.29) is 12.1 Å². The lowest BCUT2D eigenvalue weighted by Gasteiger charge is -2.15. The van der Waals surface area contributed by atoms with Crippen LogP contribution in [0.2, 0.25) is 0 Å². The minimum absolute atomic E-state index is 0.0868. The number of rotatable bonds is 4. The zero-order valence-corrected chi connectivity index (χ0v) is 11.0. The van der Waals surface area contributed by atoms with Crippen molar-refractivity contribution in [3.8, 4) is 5.75 Å². The zero-order valence-electron chi connectivity index (χ0n) is 11.0. The highest BCUT2D eigenvalue weighted by Gasteiger charge is 2.09. The number of aryl methyl sites for hydroxylation is 1. The Morgan fingerprint density at radius 3 is 2.79 bits per heavy atom. The lowest BCUT2D eigenvalue weighted by Crippen LogP contribution is -2.38. The highest BCUT2D eigenvalue weighted by Crippen LogP contribution is 2.11. The van der Waals surface area contributed by atoms with Crippen LogP contribution < -0.4 is 10.1 Å². The molecule has 19 heavy (non-hydrogen) atoms. The van der Waals surface area contributed by atoms with E-state index < -0.39 is 0 Å². The van der Waals surface area contributed by atoms with E-state index in [9.17, 15) is 4.79 Å². The molecular weight excluding hydrogens is 242 g/mol. The third-order valence-electron chi connectivity index (χ3n) is 2.63. The van der Waals surface area contributed by atoms with E-state index in [0.717, 1.165) is 5.75 Å². The fourth-order valence-electron chi connectivity index (χ4n) is 1.56. The van der Waals surface area contributed by atoms with E-state index in [4.69, 9.17) is 4.74 Å². The van der Waals surface area contributed by atoms with Crippen LogP contribution in [0.15, 0.2) is 43.0 Å². The maximum atomic E-state index is 11.7. The van der Waals surface area contributed by atoms with Crippen molar-refractivity contribution >= 4 is 6.03 Å². The van der Waals surface area contributed by atoms with Crippen molar-refractivity contribution in [1.29, 1.82) is 0 Å². The molecule has 0 bridgehead atoms. The minimum Gasteiger partial charge on any atom is -0.491 e. The molecule has 1 aromatic carbocycles. The number of benzene rings is 1. The van der Waals surface area contributed by atoms with E-state index >= 15 is 0 Å². The molecule has 2 rings (SSSR count). The molecule has 1 unspecified atom stereocenters. The van der Waals surface area contributed by atoms with E-state index in [2.05, 4.69) is 10.3 Å². The third kappa shape index (κ3) is 3.84. The first kappa shape index (κ1) is 13.1. The van der Waals surface area contributed by atoms with Gasteiger partial charge < -0.3 is 10.1 Å². The van der Waals surface area contributed by atoms with Gasteiger partial charge in [-0.1, -0.05) is 17.7 Å². The number of nitrogens with zero attached hydrogens (tertiary/aromatic N) is 2. The Bertz CT molecular complexity index is 520. The van der Waals surface area contributed by atoms with Crippen molar-refractivity contribution < 1.29 is 9.53 Å². The van der Waals surface area contributed by atoms with Crippen LogP contribution in [0.25, 0.3) is 0 Å². The molecule has 100 valence electrons. The van der Waals surface area contributed by atoms with Crippen LogP contribution in [0.3, 0.4) is 0 Å². The monoisotopic (exact) mass is 259 g/mol. The summed E-state index contributed by atoms with van der Waals surface area (Å²) in [6, 6.07) is 7.52. The fraction of sp³-hybridized carbons (Fsp3) is 0.286. The molecule has 1 atom stereocenters. The maximum Gasteiger partial charge on any atom is 0.327 e. The Hall–Kier alpha value is -2.30. The number of nitrogens with one attached hydrogen (secondary N) is 1. The molecule has 1 heterocycles. The van der Waals surface area contributed by atoms with E-state index in [1.165, 1.54) is 16.5 Å². The zero-order chi connectivity index (χ0) is 13.7. The van der Waals surface area contributed by atoms with Gasteiger partial charge in [0.05, 0.1) is 6.04 Å². The first-order valence-electron chi connectivity index (χ1n) is 6.13. The number of imidazole rings is 1. The summed E-state index contributed by atoms with van der Waals surface area (Å²) in [5.41, 5.74) is 1.19. The molecule has 5 heteroatoms. The molecule has 0 aliphatic heterocycles. The maximum absolute atomic E-state index is 11.7. The predicted octanol–water partition coefficient (Wildman–Crippen LogP) is 2.22. The molecule has 0 aliphatic rings. The summed E-state index contributed by atoms with van der Waals surface area (Å²) in [4.78, 5) is 15.6. The standard InChI is InChI=1S/C14H17N3O2/c1-11-3-5-13(6-4-11)19-9-12(2)16-14(18)17-8-7-15-10-17/h3-8,10,12H,9H2,1-2H3,(H,16,18). The van der Waals surface area contributed by atoms with Gasteiger partial charge in [-0.2, -0.15) is 0 Å². The van der Waals surface area contributed by atoms with Crippen molar-refractivity contribution in [1.82, 2.24) is 14.9 Å². The number of ether oxygens (including phenoxy) is 1. The lowest BCUT2D eigenvalue weighted by molar-refractivity contribution is 0.228. The van der Waals surface area contributed by atoms with Crippen molar-refractivity contribution in [2.24, 2.45) is 0 Å². The van der Waals surface area contributed by atoms with Gasteiger partial charge in [-0.25, -0.2) is 9.78 Å². The van der Waals surface area contributed by atoms with Gasteiger partial charge in [-0.15, -0.1) is 0 Å². The quantitative estimate of drug-likeness (QED) is 0.916. The van der Waals surface area contributed by atoms with Crippen LogP contribution in [-0.2, 0) is 0 Å². The summed E-state index contributed by atoms with van der Waals surface area (Å²) in [7, 11) is 0. The van der Waals surface area contributed by atoms with Gasteiger partial charge >= 0.3 is 6.03 Å². The molecule has 0 saturated heterocycles. The van der Waals surface area contributed by atoms with Gasteiger partial charge in [0, 0.05) is 12.4 Å². The second kappa shape index (κ2) is 6.04. The van der Waals surface area contributed by atoms with E-state index in [1.54, 1.807) is 12.4 Å². The van der Waals surface area contributed by atoms with Crippen molar-refractivity contribution in [2.75, 3.05) is 6.61 Å². The van der Waals surface area contributed by atoms with Crippen LogP contribution in [0, 0.1) is 6.92 Å². The Labute approximate surface area is 112 Å². The van der Waals surface area contributed by atoms with Crippen molar-refractivity contribution in [3.63, 3.8) is 0 Å². The van der Waals surface area contributed by atoms with Crippen molar-refractivity contribution in [2.45, 2.75) is 19.9 Å². The summed E-state index contributed by atoms with van der Waals surface area (Å²) in [5.74, 6) is 0.800. The van der Waals surface area contributed by atoms with Crippen molar-refractivity contribution in [3.05, 3.63) is 48.5 Å². The molecule has 0 radical (unpaired) electrons. The van der Waals surface area contributed by atoms with Crippen LogP contribution >= 0.6 is 0 Å². The minimum atomic E-state index is -0.211. The second-order valence-electron chi connectivity index (χ2n) is 4.44. The van der Waals surface area contributed by atoms with Crippen LogP contribution in [0.5, 0.6) is 5.75 Å². The Balaban J connectivity index is 1.80. The topological polar surface area (TPSA) is 56.1 Å². The van der Waals surface area contributed by atoms with E-state index in [1.807, 2.05) is 38.1 Å². The molecule has 2 aromatic rings. The van der Waals surface area contributed by atoms with Gasteiger partial charge in [0.15, 0.2) is 0 Å². The average molecular weight is 259 g/mol. The molecular formula is C14H17N3O2. The normalized spacial score (nSPS) is 11.9. The van der Waals surface area contributed by atoms with Crippen LogP contribution in [0.4, 0.5) is 4.79 Å². The van der Waals surface area contributed by atoms with Gasteiger partial charge in [0.2, 0.25) is 0 Å². The van der Waals surface area contributed by atoms with Gasteiger partial charge in [-0.3, -0.25) is 4.57 Å². The fourth-order valence-corrected chi connectivity index (χ4v) is 1.56. The second-order valence-corrected chi connectivity index (χ2v) is 4.44. The molecule has 0 saturated carbocycles. The number of carbonyl (C=O) groups excluding carboxylic acids is 1. The highest BCUT2D eigenvalue weighted by atomic mass is 16.5. The molecule has 0 aliphatic carbocycles. The average Bonchev–Trinajstić information content (AvgIpc) is 2.92. The molecule has 0 fully saturated rings. The van der Waals surface area contributed by atoms with E-state index in [0.29, 0.717) is 6.61 Å². The Morgan fingerprint density at radius 2 is 2.16 bits per heavy atom. The van der Waals surface area contributed by atoms with Gasteiger partial charge in [0.1, 0.15) is 18.7 Å². The third-order valence-corrected chi connectivity index (χ3v) is 2.63. The summed E-state index contributed by atoms with van der Waals surface area (Å²) in [6.07, 6.45) is 4.62. The molecule has 1 amide bonds. The summed E-state index contributed by atoms with van der Waals surface area (Å²) < 4.78 is 6.99.